The molecule has 116 valence electrons. The van der Waals surface area contributed by atoms with Crippen LogP contribution in [0.2, 0.25) is 0 Å². The fourth-order valence-electron chi connectivity index (χ4n) is 3.39. The molecule has 2 unspecified atom stereocenters. The molecule has 2 atom stereocenters. The van der Waals surface area contributed by atoms with E-state index in [9.17, 15) is 4.79 Å². The lowest BCUT2D eigenvalue weighted by Gasteiger charge is -2.47. The monoisotopic (exact) mass is 281 g/mol. The third-order valence-corrected chi connectivity index (χ3v) is 4.50. The zero-order valence-electron chi connectivity index (χ0n) is 13.6. The van der Waals surface area contributed by atoms with E-state index in [4.69, 9.17) is 0 Å². The summed E-state index contributed by atoms with van der Waals surface area (Å²) >= 11 is 0. The van der Waals surface area contributed by atoms with Gasteiger partial charge in [0.1, 0.15) is 0 Å². The van der Waals surface area contributed by atoms with Crippen LogP contribution in [-0.2, 0) is 4.79 Å². The van der Waals surface area contributed by atoms with Crippen molar-refractivity contribution < 1.29 is 4.79 Å². The van der Waals surface area contributed by atoms with Crippen LogP contribution >= 0.6 is 0 Å². The van der Waals surface area contributed by atoms with E-state index in [1.54, 1.807) is 0 Å². The van der Waals surface area contributed by atoms with E-state index in [0.29, 0.717) is 24.4 Å². The Labute approximate surface area is 123 Å². The van der Waals surface area contributed by atoms with E-state index in [0.717, 1.165) is 19.6 Å². The molecule has 0 radical (unpaired) electrons. The molecule has 1 N–H and O–H groups in total. The number of piperazine rings is 1. The second kappa shape index (κ2) is 6.44. The first-order valence-corrected chi connectivity index (χ1v) is 8.15. The van der Waals surface area contributed by atoms with Crippen molar-refractivity contribution in [3.8, 4) is 0 Å². The van der Waals surface area contributed by atoms with Gasteiger partial charge in [-0.1, -0.05) is 6.42 Å². The van der Waals surface area contributed by atoms with Gasteiger partial charge in [-0.15, -0.1) is 0 Å². The number of fused-ring (bicyclic) bond motifs is 1. The Morgan fingerprint density at radius 1 is 1.25 bits per heavy atom. The minimum atomic E-state index is 0.0912. The number of hydrogen-bond acceptors (Lipinski definition) is 3. The van der Waals surface area contributed by atoms with E-state index in [-0.39, 0.29) is 5.54 Å². The van der Waals surface area contributed by atoms with Gasteiger partial charge in [-0.25, -0.2) is 0 Å². The standard InChI is InChI=1S/C16H31N3O/c1-13-11-18-10-6-5-7-14(18)12-19(13)15(20)8-9-17-16(2,3)4/h13-14,17H,5-12H2,1-4H3. The van der Waals surface area contributed by atoms with Crippen LogP contribution in [0.4, 0.5) is 0 Å². The summed E-state index contributed by atoms with van der Waals surface area (Å²) < 4.78 is 0. The Morgan fingerprint density at radius 3 is 2.70 bits per heavy atom. The molecule has 4 nitrogen and oxygen atoms in total. The van der Waals surface area contributed by atoms with Crippen LogP contribution in [0, 0.1) is 0 Å². The van der Waals surface area contributed by atoms with Crippen LogP contribution in [0.3, 0.4) is 0 Å². The lowest BCUT2D eigenvalue weighted by Crippen LogP contribution is -2.60. The zero-order valence-corrected chi connectivity index (χ0v) is 13.6. The zero-order chi connectivity index (χ0) is 14.8. The third kappa shape index (κ3) is 4.19. The fraction of sp³-hybridized carbons (Fsp3) is 0.938. The first-order valence-electron chi connectivity index (χ1n) is 8.15. The largest absolute Gasteiger partial charge is 0.337 e. The van der Waals surface area contributed by atoms with E-state index < -0.39 is 0 Å². The SMILES string of the molecule is CC1CN2CCCCC2CN1C(=O)CCNC(C)(C)C. The number of nitrogens with one attached hydrogen (secondary N) is 1. The lowest BCUT2D eigenvalue weighted by atomic mass is 9.97. The van der Waals surface area contributed by atoms with E-state index in [1.807, 2.05) is 0 Å². The number of rotatable bonds is 3. The predicted molar refractivity (Wildman–Crippen MR) is 82.8 cm³/mol. The Bertz CT molecular complexity index is 337. The van der Waals surface area contributed by atoms with Gasteiger partial charge in [-0.3, -0.25) is 9.69 Å². The van der Waals surface area contributed by atoms with Gasteiger partial charge in [0.2, 0.25) is 5.91 Å². The van der Waals surface area contributed by atoms with Crippen LogP contribution < -0.4 is 5.32 Å². The van der Waals surface area contributed by atoms with Crippen molar-refractivity contribution in [1.29, 1.82) is 0 Å². The van der Waals surface area contributed by atoms with Crippen LogP contribution in [0.1, 0.15) is 53.4 Å². The molecule has 2 aliphatic rings. The second-order valence-corrected chi connectivity index (χ2v) is 7.47. The highest BCUT2D eigenvalue weighted by Crippen LogP contribution is 2.24. The molecule has 0 spiro atoms. The molecular weight excluding hydrogens is 250 g/mol. The molecule has 0 bridgehead atoms. The minimum absolute atomic E-state index is 0.0912. The normalized spacial score (nSPS) is 28.3. The third-order valence-electron chi connectivity index (χ3n) is 4.50. The summed E-state index contributed by atoms with van der Waals surface area (Å²) in [7, 11) is 0. The minimum Gasteiger partial charge on any atom is -0.337 e. The molecule has 2 heterocycles. The number of piperidine rings is 1. The highest BCUT2D eigenvalue weighted by Gasteiger charge is 2.34. The Balaban J connectivity index is 1.83. The maximum Gasteiger partial charge on any atom is 0.224 e. The van der Waals surface area contributed by atoms with Gasteiger partial charge >= 0.3 is 0 Å². The average molecular weight is 281 g/mol. The van der Waals surface area contributed by atoms with Gasteiger partial charge in [0.15, 0.2) is 0 Å². The van der Waals surface area contributed by atoms with Crippen LogP contribution in [0.5, 0.6) is 0 Å². The Kier molecular flexibility index (Phi) is 5.08. The summed E-state index contributed by atoms with van der Waals surface area (Å²) in [5.74, 6) is 0.319. The quantitative estimate of drug-likeness (QED) is 0.857. The lowest BCUT2D eigenvalue weighted by molar-refractivity contribution is -0.138. The molecule has 2 aliphatic heterocycles. The number of hydrogen-bond donors (Lipinski definition) is 1. The highest BCUT2D eigenvalue weighted by atomic mass is 16.2. The molecule has 1 amide bonds. The molecule has 20 heavy (non-hydrogen) atoms. The molecule has 0 aromatic carbocycles. The smallest absolute Gasteiger partial charge is 0.224 e. The summed E-state index contributed by atoms with van der Waals surface area (Å²) in [5.41, 5.74) is 0.0912. The molecule has 2 fully saturated rings. The van der Waals surface area contributed by atoms with Crippen LogP contribution in [0.25, 0.3) is 0 Å². The van der Waals surface area contributed by atoms with Gasteiger partial charge in [-0.05, 0) is 47.1 Å². The van der Waals surface area contributed by atoms with Gasteiger partial charge < -0.3 is 10.2 Å². The van der Waals surface area contributed by atoms with E-state index in [2.05, 4.69) is 42.8 Å². The molecule has 0 aromatic rings. The molecular formula is C16H31N3O. The molecule has 0 aromatic heterocycles. The summed E-state index contributed by atoms with van der Waals surface area (Å²) in [6, 6.07) is 0.978. The number of amides is 1. The van der Waals surface area contributed by atoms with Crippen molar-refractivity contribution in [3.05, 3.63) is 0 Å². The van der Waals surface area contributed by atoms with Crippen LogP contribution in [0.15, 0.2) is 0 Å². The summed E-state index contributed by atoms with van der Waals surface area (Å²) in [6.07, 6.45) is 4.53. The Hall–Kier alpha value is -0.610. The molecule has 2 saturated heterocycles. The number of nitrogens with zero attached hydrogens (tertiary/aromatic N) is 2. The van der Waals surface area contributed by atoms with Crippen molar-refractivity contribution in [2.24, 2.45) is 0 Å². The highest BCUT2D eigenvalue weighted by molar-refractivity contribution is 5.77. The number of carbonyl (C=O) groups excluding carboxylic acids is 1. The van der Waals surface area contributed by atoms with Gasteiger partial charge in [0, 0.05) is 43.7 Å². The van der Waals surface area contributed by atoms with Crippen molar-refractivity contribution in [2.75, 3.05) is 26.2 Å². The first kappa shape index (κ1) is 15.8. The van der Waals surface area contributed by atoms with Crippen molar-refractivity contribution in [2.45, 2.75) is 71.0 Å². The van der Waals surface area contributed by atoms with Crippen molar-refractivity contribution in [3.63, 3.8) is 0 Å². The molecule has 4 heteroatoms. The number of carbonyl (C=O) groups is 1. The van der Waals surface area contributed by atoms with Gasteiger partial charge in [0.25, 0.3) is 0 Å². The van der Waals surface area contributed by atoms with E-state index >= 15 is 0 Å². The van der Waals surface area contributed by atoms with Gasteiger partial charge in [0.05, 0.1) is 0 Å². The van der Waals surface area contributed by atoms with Gasteiger partial charge in [-0.2, -0.15) is 0 Å². The van der Waals surface area contributed by atoms with E-state index in [1.165, 1.54) is 25.8 Å². The topological polar surface area (TPSA) is 35.6 Å². The molecule has 2 rings (SSSR count). The maximum atomic E-state index is 12.4. The summed E-state index contributed by atoms with van der Waals surface area (Å²) in [5, 5.41) is 3.41. The van der Waals surface area contributed by atoms with Crippen molar-refractivity contribution >= 4 is 5.91 Å². The Morgan fingerprint density at radius 2 is 2.00 bits per heavy atom. The van der Waals surface area contributed by atoms with Crippen molar-refractivity contribution in [1.82, 2.24) is 15.1 Å². The summed E-state index contributed by atoms with van der Waals surface area (Å²) in [6.45, 7) is 12.6. The maximum absolute atomic E-state index is 12.4. The summed E-state index contributed by atoms with van der Waals surface area (Å²) in [4.78, 5) is 17.1. The predicted octanol–water partition coefficient (Wildman–Crippen LogP) is 1.85. The average Bonchev–Trinajstić information content (AvgIpc) is 2.36. The molecule has 0 aliphatic carbocycles. The van der Waals surface area contributed by atoms with Crippen LogP contribution in [-0.4, -0.2) is 59.5 Å². The fourth-order valence-corrected chi connectivity index (χ4v) is 3.39. The second-order valence-electron chi connectivity index (χ2n) is 7.47. The molecule has 0 saturated carbocycles. The first-order chi connectivity index (χ1) is 9.37.